The third kappa shape index (κ3) is 2.86. The molecule has 1 heterocycles. The van der Waals surface area contributed by atoms with Crippen molar-refractivity contribution >= 4 is 0 Å². The topological polar surface area (TPSA) is 50.1 Å². The molecule has 4 rings (SSSR count). The summed E-state index contributed by atoms with van der Waals surface area (Å²) >= 11 is 0. The van der Waals surface area contributed by atoms with Crippen molar-refractivity contribution in [2.75, 3.05) is 6.54 Å². The molecular weight excluding hydrogens is 298 g/mol. The molecule has 24 heavy (non-hydrogen) atoms. The van der Waals surface area contributed by atoms with E-state index in [2.05, 4.69) is 40.7 Å². The van der Waals surface area contributed by atoms with E-state index >= 15 is 0 Å². The molecule has 4 heteroatoms. The van der Waals surface area contributed by atoms with E-state index in [0.29, 0.717) is 6.54 Å². The number of aryl methyl sites for hydroxylation is 1. The van der Waals surface area contributed by atoms with Crippen LogP contribution < -0.4 is 5.32 Å². The fourth-order valence-electron chi connectivity index (χ4n) is 3.45. The average molecular weight is 319 g/mol. The lowest BCUT2D eigenvalue weighted by atomic mass is 9.96. The predicted molar refractivity (Wildman–Crippen MR) is 93.9 cm³/mol. The molecular formula is C20H21N3O. The third-order valence-corrected chi connectivity index (χ3v) is 4.78. The maximum atomic E-state index is 10.9. The molecule has 3 aromatic rings. The first kappa shape index (κ1) is 15.1. The molecule has 0 spiro atoms. The zero-order valence-corrected chi connectivity index (χ0v) is 13.5. The van der Waals surface area contributed by atoms with E-state index in [-0.39, 0.29) is 0 Å². The Bertz CT molecular complexity index is 811. The Morgan fingerprint density at radius 2 is 1.92 bits per heavy atom. The Labute approximate surface area is 141 Å². The fraction of sp³-hybridized carbons (Fsp3) is 0.250. The van der Waals surface area contributed by atoms with Crippen LogP contribution in [0.3, 0.4) is 0 Å². The highest BCUT2D eigenvalue weighted by Gasteiger charge is 2.35. The fourth-order valence-corrected chi connectivity index (χ4v) is 3.45. The van der Waals surface area contributed by atoms with E-state index in [1.165, 1.54) is 11.1 Å². The number of nitrogens with one attached hydrogen (secondary N) is 1. The monoisotopic (exact) mass is 319 g/mol. The number of aliphatic hydroxyl groups is 1. The summed E-state index contributed by atoms with van der Waals surface area (Å²) in [5.74, 6) is 0. The maximum absolute atomic E-state index is 10.9. The zero-order chi connectivity index (χ0) is 16.4. The number of rotatable bonds is 5. The van der Waals surface area contributed by atoms with Gasteiger partial charge < -0.3 is 10.4 Å². The number of hydrogen-bond acceptors (Lipinski definition) is 3. The summed E-state index contributed by atoms with van der Waals surface area (Å²) in [5.41, 5.74) is 3.84. The van der Waals surface area contributed by atoms with Crippen LogP contribution in [-0.4, -0.2) is 21.4 Å². The van der Waals surface area contributed by atoms with E-state index in [0.717, 1.165) is 30.6 Å². The molecule has 1 unspecified atom stereocenters. The lowest BCUT2D eigenvalue weighted by molar-refractivity contribution is 0.0384. The standard InChI is InChI=1S/C20H21N3O/c24-20(11-10-17-4-1-2-5-19(17)20)15-21-14-16-6-8-18(9-7-16)23-13-3-12-22-23/h1-9,12-13,21,24H,10-11,14-15H2. The number of nitrogens with zero attached hydrogens (tertiary/aromatic N) is 2. The predicted octanol–water partition coefficient (Wildman–Crippen LogP) is 2.80. The molecule has 0 saturated heterocycles. The van der Waals surface area contributed by atoms with Gasteiger partial charge in [0.25, 0.3) is 0 Å². The van der Waals surface area contributed by atoms with Crippen molar-refractivity contribution in [1.29, 1.82) is 0 Å². The lowest BCUT2D eigenvalue weighted by Gasteiger charge is -2.24. The van der Waals surface area contributed by atoms with Crippen molar-refractivity contribution in [3.63, 3.8) is 0 Å². The normalized spacial score (nSPS) is 19.4. The Morgan fingerprint density at radius 1 is 1.08 bits per heavy atom. The molecule has 0 radical (unpaired) electrons. The van der Waals surface area contributed by atoms with Gasteiger partial charge in [-0.1, -0.05) is 36.4 Å². The summed E-state index contributed by atoms with van der Waals surface area (Å²) in [7, 11) is 0. The first-order valence-corrected chi connectivity index (χ1v) is 8.35. The van der Waals surface area contributed by atoms with Gasteiger partial charge in [-0.05, 0) is 47.7 Å². The second kappa shape index (κ2) is 6.23. The minimum Gasteiger partial charge on any atom is -0.384 e. The largest absolute Gasteiger partial charge is 0.384 e. The minimum absolute atomic E-state index is 0.574. The van der Waals surface area contributed by atoms with Crippen molar-refractivity contribution in [3.05, 3.63) is 83.7 Å². The zero-order valence-electron chi connectivity index (χ0n) is 13.5. The number of benzene rings is 2. The van der Waals surface area contributed by atoms with Crippen LogP contribution in [0.5, 0.6) is 0 Å². The molecule has 0 bridgehead atoms. The summed E-state index contributed by atoms with van der Waals surface area (Å²) in [6, 6.07) is 18.4. The van der Waals surface area contributed by atoms with Gasteiger partial charge >= 0.3 is 0 Å². The summed E-state index contributed by atoms with van der Waals surface area (Å²) in [5, 5.41) is 18.6. The highest BCUT2D eigenvalue weighted by atomic mass is 16.3. The molecule has 122 valence electrons. The average Bonchev–Trinajstić information content (AvgIpc) is 3.25. The van der Waals surface area contributed by atoms with Gasteiger partial charge in [0, 0.05) is 25.5 Å². The van der Waals surface area contributed by atoms with E-state index in [9.17, 15) is 5.11 Å². The van der Waals surface area contributed by atoms with E-state index in [4.69, 9.17) is 0 Å². The molecule has 4 nitrogen and oxygen atoms in total. The van der Waals surface area contributed by atoms with Crippen molar-refractivity contribution in [1.82, 2.24) is 15.1 Å². The van der Waals surface area contributed by atoms with Crippen LogP contribution in [0.2, 0.25) is 0 Å². The van der Waals surface area contributed by atoms with Crippen LogP contribution in [0.15, 0.2) is 67.0 Å². The van der Waals surface area contributed by atoms with Gasteiger partial charge in [0.1, 0.15) is 5.60 Å². The number of hydrogen-bond donors (Lipinski definition) is 2. The van der Waals surface area contributed by atoms with Gasteiger partial charge in [-0.3, -0.25) is 0 Å². The molecule has 0 aliphatic heterocycles. The van der Waals surface area contributed by atoms with E-state index < -0.39 is 5.60 Å². The van der Waals surface area contributed by atoms with Crippen molar-refractivity contribution in [2.24, 2.45) is 0 Å². The molecule has 0 amide bonds. The Morgan fingerprint density at radius 3 is 2.71 bits per heavy atom. The van der Waals surface area contributed by atoms with Gasteiger partial charge in [0.2, 0.25) is 0 Å². The van der Waals surface area contributed by atoms with Crippen LogP contribution in [0.1, 0.15) is 23.1 Å². The number of fused-ring (bicyclic) bond motifs is 1. The molecule has 1 aromatic heterocycles. The minimum atomic E-state index is -0.744. The third-order valence-electron chi connectivity index (χ3n) is 4.78. The maximum Gasteiger partial charge on any atom is 0.103 e. The quantitative estimate of drug-likeness (QED) is 0.760. The van der Waals surface area contributed by atoms with Crippen molar-refractivity contribution in [2.45, 2.75) is 25.0 Å². The van der Waals surface area contributed by atoms with Gasteiger partial charge in [0.05, 0.1) is 5.69 Å². The van der Waals surface area contributed by atoms with E-state index in [1.54, 1.807) is 6.20 Å². The number of aromatic nitrogens is 2. The SMILES string of the molecule is OC1(CNCc2ccc(-n3cccn3)cc2)CCc2ccccc21. The van der Waals surface area contributed by atoms with Crippen LogP contribution in [-0.2, 0) is 18.6 Å². The van der Waals surface area contributed by atoms with Gasteiger partial charge in [0.15, 0.2) is 0 Å². The summed E-state index contributed by atoms with van der Waals surface area (Å²) in [4.78, 5) is 0. The Balaban J connectivity index is 1.38. The molecule has 0 saturated carbocycles. The van der Waals surface area contributed by atoms with Crippen LogP contribution >= 0.6 is 0 Å². The lowest BCUT2D eigenvalue weighted by Crippen LogP contribution is -2.35. The van der Waals surface area contributed by atoms with Crippen LogP contribution in [0.4, 0.5) is 0 Å². The molecule has 1 atom stereocenters. The van der Waals surface area contributed by atoms with Gasteiger partial charge in [-0.2, -0.15) is 5.10 Å². The molecule has 1 aliphatic carbocycles. The van der Waals surface area contributed by atoms with Crippen molar-refractivity contribution < 1.29 is 5.11 Å². The first-order chi connectivity index (χ1) is 11.7. The summed E-state index contributed by atoms with van der Waals surface area (Å²) < 4.78 is 1.84. The first-order valence-electron chi connectivity index (χ1n) is 8.35. The smallest absolute Gasteiger partial charge is 0.103 e. The summed E-state index contributed by atoms with van der Waals surface area (Å²) in [6.07, 6.45) is 5.44. The second-order valence-corrected chi connectivity index (χ2v) is 6.41. The molecule has 0 fully saturated rings. The highest BCUT2D eigenvalue weighted by molar-refractivity contribution is 5.37. The Hall–Kier alpha value is -2.43. The summed E-state index contributed by atoms with van der Waals surface area (Å²) in [6.45, 7) is 1.31. The second-order valence-electron chi connectivity index (χ2n) is 6.41. The van der Waals surface area contributed by atoms with Crippen LogP contribution in [0, 0.1) is 0 Å². The van der Waals surface area contributed by atoms with Gasteiger partial charge in [-0.15, -0.1) is 0 Å². The Kier molecular flexibility index (Phi) is 3.92. The van der Waals surface area contributed by atoms with Crippen LogP contribution in [0.25, 0.3) is 5.69 Å². The molecule has 1 aliphatic rings. The van der Waals surface area contributed by atoms with Crippen molar-refractivity contribution in [3.8, 4) is 5.69 Å². The highest BCUT2D eigenvalue weighted by Crippen LogP contribution is 2.36. The van der Waals surface area contributed by atoms with Gasteiger partial charge in [-0.25, -0.2) is 4.68 Å². The molecule has 2 N–H and O–H groups in total. The molecule has 2 aromatic carbocycles. The van der Waals surface area contributed by atoms with E-state index in [1.807, 2.05) is 35.1 Å².